The first-order valence-electron chi connectivity index (χ1n) is 4.57. The third-order valence-electron chi connectivity index (χ3n) is 1.59. The van der Waals surface area contributed by atoms with Crippen LogP contribution in [0.25, 0.3) is 0 Å². The normalized spacial score (nSPS) is 15.5. The summed E-state index contributed by atoms with van der Waals surface area (Å²) in [5.41, 5.74) is -1.70. The van der Waals surface area contributed by atoms with Gasteiger partial charge in [0.05, 0.1) is 27.6 Å². The predicted octanol–water partition coefficient (Wildman–Crippen LogP) is -1.01. The number of hydrogen-bond donors (Lipinski definition) is 3. The van der Waals surface area contributed by atoms with Gasteiger partial charge in [0.2, 0.25) is 5.91 Å². The van der Waals surface area contributed by atoms with Crippen molar-refractivity contribution in [2.75, 3.05) is 27.7 Å². The summed E-state index contributed by atoms with van der Waals surface area (Å²) in [7, 11) is 5.40. The number of carbonyl (C=O) groups is 2. The first-order chi connectivity index (χ1) is 6.54. The molecule has 0 saturated heterocycles. The molecule has 0 aliphatic heterocycles. The standard InChI is InChI=1S/C9H18N2O4/c1-7(12)10-9(15,5-8(13)14)6-11(2,3)4/h15H,5-6H2,1-4H3,(H-,10,12,13,14)/p+1. The number of carboxylic acid groups (broad SMARTS) is 1. The van der Waals surface area contributed by atoms with Gasteiger partial charge in [0.25, 0.3) is 0 Å². The summed E-state index contributed by atoms with van der Waals surface area (Å²) in [6.45, 7) is 1.36. The van der Waals surface area contributed by atoms with E-state index in [1.165, 1.54) is 6.92 Å². The third-order valence-corrected chi connectivity index (χ3v) is 1.59. The van der Waals surface area contributed by atoms with E-state index in [1.807, 2.05) is 0 Å². The highest BCUT2D eigenvalue weighted by Crippen LogP contribution is 2.11. The number of hydrogen-bond acceptors (Lipinski definition) is 3. The minimum Gasteiger partial charge on any atom is -0.481 e. The molecule has 0 aliphatic carbocycles. The van der Waals surface area contributed by atoms with Gasteiger partial charge in [-0.25, -0.2) is 0 Å². The summed E-state index contributed by atoms with van der Waals surface area (Å²) < 4.78 is 0.351. The van der Waals surface area contributed by atoms with E-state index in [0.717, 1.165) is 0 Å². The van der Waals surface area contributed by atoms with Gasteiger partial charge in [0.15, 0.2) is 5.72 Å². The number of carbonyl (C=O) groups excluding carboxylic acids is 1. The molecule has 0 radical (unpaired) electrons. The summed E-state index contributed by atoms with van der Waals surface area (Å²) >= 11 is 0. The Morgan fingerprint density at radius 3 is 2.07 bits per heavy atom. The van der Waals surface area contributed by atoms with Crippen LogP contribution < -0.4 is 5.32 Å². The van der Waals surface area contributed by atoms with Gasteiger partial charge in [0.1, 0.15) is 6.54 Å². The molecular weight excluding hydrogens is 200 g/mol. The number of carboxylic acids is 1. The van der Waals surface area contributed by atoms with E-state index >= 15 is 0 Å². The van der Waals surface area contributed by atoms with Gasteiger partial charge in [-0.05, 0) is 0 Å². The smallest absolute Gasteiger partial charge is 0.308 e. The van der Waals surface area contributed by atoms with Crippen LogP contribution in [0.5, 0.6) is 0 Å². The predicted molar refractivity (Wildman–Crippen MR) is 53.9 cm³/mol. The summed E-state index contributed by atoms with van der Waals surface area (Å²) in [4.78, 5) is 21.4. The van der Waals surface area contributed by atoms with E-state index in [0.29, 0.717) is 4.48 Å². The minimum absolute atomic E-state index is 0.124. The topological polar surface area (TPSA) is 86.6 Å². The fourth-order valence-electron chi connectivity index (χ4n) is 1.50. The lowest BCUT2D eigenvalue weighted by Gasteiger charge is -2.34. The second kappa shape index (κ2) is 4.59. The minimum atomic E-state index is -1.70. The van der Waals surface area contributed by atoms with Crippen molar-refractivity contribution in [3.8, 4) is 0 Å². The second-order valence-corrected chi connectivity index (χ2v) is 4.73. The van der Waals surface area contributed by atoms with Crippen molar-refractivity contribution in [3.63, 3.8) is 0 Å². The Balaban J connectivity index is 4.69. The lowest BCUT2D eigenvalue weighted by molar-refractivity contribution is -0.877. The molecule has 0 aliphatic rings. The van der Waals surface area contributed by atoms with E-state index in [4.69, 9.17) is 5.11 Å². The molecule has 3 N–H and O–H groups in total. The lowest BCUT2D eigenvalue weighted by atomic mass is 10.1. The molecule has 0 bridgehead atoms. The molecule has 1 unspecified atom stereocenters. The highest BCUT2D eigenvalue weighted by molar-refractivity contribution is 5.75. The number of aliphatic carboxylic acids is 1. The molecule has 88 valence electrons. The molecule has 0 rings (SSSR count). The Bertz CT molecular complexity index is 241. The Kier molecular flexibility index (Phi) is 4.24. The molecule has 6 nitrogen and oxygen atoms in total. The average molecular weight is 219 g/mol. The van der Waals surface area contributed by atoms with Crippen LogP contribution in [0.4, 0.5) is 0 Å². The van der Waals surface area contributed by atoms with Crippen LogP contribution in [-0.2, 0) is 9.59 Å². The molecule has 6 heteroatoms. The number of amides is 1. The molecule has 1 atom stereocenters. The van der Waals surface area contributed by atoms with Gasteiger partial charge < -0.3 is 20.0 Å². The molecule has 0 aromatic carbocycles. The number of aliphatic hydroxyl groups is 1. The van der Waals surface area contributed by atoms with E-state index in [9.17, 15) is 14.7 Å². The highest BCUT2D eigenvalue weighted by atomic mass is 16.4. The first kappa shape index (κ1) is 13.9. The third kappa shape index (κ3) is 6.87. The van der Waals surface area contributed by atoms with E-state index in [2.05, 4.69) is 5.32 Å². The Labute approximate surface area is 89.1 Å². The lowest BCUT2D eigenvalue weighted by Crippen LogP contribution is -2.59. The number of quaternary nitrogens is 1. The number of nitrogens with zero attached hydrogens (tertiary/aromatic N) is 1. The van der Waals surface area contributed by atoms with Gasteiger partial charge in [-0.2, -0.15) is 0 Å². The number of likely N-dealkylation sites (N-methyl/N-ethyl adjacent to an activating group) is 1. The average Bonchev–Trinajstić information content (AvgIpc) is 1.73. The van der Waals surface area contributed by atoms with Crippen molar-refractivity contribution in [2.45, 2.75) is 19.1 Å². The van der Waals surface area contributed by atoms with Gasteiger partial charge in [-0.15, -0.1) is 0 Å². The maximum absolute atomic E-state index is 10.9. The van der Waals surface area contributed by atoms with Crippen LogP contribution in [0.2, 0.25) is 0 Å². The van der Waals surface area contributed by atoms with E-state index < -0.39 is 24.0 Å². The van der Waals surface area contributed by atoms with Crippen molar-refractivity contribution in [2.24, 2.45) is 0 Å². The molecule has 1 amide bonds. The Morgan fingerprint density at radius 2 is 1.80 bits per heavy atom. The molecule has 0 aromatic rings. The first-order valence-corrected chi connectivity index (χ1v) is 4.57. The van der Waals surface area contributed by atoms with Gasteiger partial charge in [0, 0.05) is 6.92 Å². The quantitative estimate of drug-likeness (QED) is 0.408. The van der Waals surface area contributed by atoms with Crippen LogP contribution >= 0.6 is 0 Å². The zero-order valence-corrected chi connectivity index (χ0v) is 9.57. The van der Waals surface area contributed by atoms with Crippen molar-refractivity contribution in [3.05, 3.63) is 0 Å². The molecule has 0 aromatic heterocycles. The zero-order chi connectivity index (χ0) is 12.3. The van der Waals surface area contributed by atoms with Crippen LogP contribution in [0.15, 0.2) is 0 Å². The van der Waals surface area contributed by atoms with Gasteiger partial charge in [-0.1, -0.05) is 0 Å². The van der Waals surface area contributed by atoms with Gasteiger partial charge >= 0.3 is 5.97 Å². The Morgan fingerprint density at radius 1 is 1.33 bits per heavy atom. The summed E-state index contributed by atoms with van der Waals surface area (Å²) in [6.07, 6.45) is -0.512. The maximum Gasteiger partial charge on any atom is 0.308 e. The summed E-state index contributed by atoms with van der Waals surface area (Å²) in [5.74, 6) is -1.60. The van der Waals surface area contributed by atoms with E-state index in [-0.39, 0.29) is 6.54 Å². The van der Waals surface area contributed by atoms with Crippen molar-refractivity contribution in [1.29, 1.82) is 0 Å². The van der Waals surface area contributed by atoms with Crippen LogP contribution in [0, 0.1) is 0 Å². The molecule has 0 heterocycles. The van der Waals surface area contributed by atoms with Crippen LogP contribution in [0.1, 0.15) is 13.3 Å². The van der Waals surface area contributed by atoms with Crippen LogP contribution in [0.3, 0.4) is 0 Å². The molecular formula is C9H19N2O4+. The number of nitrogens with one attached hydrogen (secondary N) is 1. The summed E-state index contributed by atoms with van der Waals surface area (Å²) in [6, 6.07) is 0. The van der Waals surface area contributed by atoms with Crippen LogP contribution in [-0.4, -0.2) is 60.0 Å². The van der Waals surface area contributed by atoms with E-state index in [1.54, 1.807) is 21.1 Å². The molecule has 0 fully saturated rings. The highest BCUT2D eigenvalue weighted by Gasteiger charge is 2.36. The van der Waals surface area contributed by atoms with Crippen molar-refractivity contribution in [1.82, 2.24) is 5.32 Å². The SMILES string of the molecule is CC(=O)NC(O)(CC(=O)O)C[N+](C)(C)C. The van der Waals surface area contributed by atoms with Crippen molar-refractivity contribution >= 4 is 11.9 Å². The fourth-order valence-corrected chi connectivity index (χ4v) is 1.50. The zero-order valence-electron chi connectivity index (χ0n) is 9.57. The fraction of sp³-hybridized carbons (Fsp3) is 0.778. The van der Waals surface area contributed by atoms with Gasteiger partial charge in [-0.3, -0.25) is 9.59 Å². The number of rotatable bonds is 5. The maximum atomic E-state index is 10.9. The molecule has 0 saturated carbocycles. The summed E-state index contributed by atoms with van der Waals surface area (Å²) in [5, 5.41) is 20.9. The Hall–Kier alpha value is -1.14. The van der Waals surface area contributed by atoms with Crippen molar-refractivity contribution < 1.29 is 24.3 Å². The molecule has 0 spiro atoms. The second-order valence-electron chi connectivity index (χ2n) is 4.73. The monoisotopic (exact) mass is 219 g/mol. The largest absolute Gasteiger partial charge is 0.481 e. The molecule has 15 heavy (non-hydrogen) atoms.